The minimum atomic E-state index is -0.790. The molecule has 0 aliphatic rings. The van der Waals surface area contributed by atoms with Crippen molar-refractivity contribution in [2.24, 2.45) is 0 Å². The molecule has 0 heterocycles. The van der Waals surface area contributed by atoms with Gasteiger partial charge in [0.05, 0.1) is 0 Å². The molecule has 0 spiro atoms. The first-order valence-corrected chi connectivity index (χ1v) is 24.7. The number of esters is 3. The highest BCUT2D eigenvalue weighted by Gasteiger charge is 2.19. The minimum Gasteiger partial charge on any atom is -0.462 e. The molecule has 1 atom stereocenters. The van der Waals surface area contributed by atoms with Crippen LogP contribution in [0.2, 0.25) is 0 Å². The third-order valence-electron chi connectivity index (χ3n) is 10.6. The third-order valence-corrected chi connectivity index (χ3v) is 10.6. The second-order valence-electron chi connectivity index (χ2n) is 16.4. The summed E-state index contributed by atoms with van der Waals surface area (Å²) < 4.78 is 16.7. The van der Waals surface area contributed by atoms with E-state index in [2.05, 4.69) is 69.4 Å². The van der Waals surface area contributed by atoms with Gasteiger partial charge in [-0.05, 0) is 64.2 Å². The number of ether oxygens (including phenoxy) is 3. The average Bonchev–Trinajstić information content (AvgIpc) is 3.22. The van der Waals surface area contributed by atoms with Gasteiger partial charge in [-0.15, -0.1) is 0 Å². The van der Waals surface area contributed by atoms with E-state index in [9.17, 15) is 14.4 Å². The molecule has 0 rings (SSSR count). The van der Waals surface area contributed by atoms with Crippen molar-refractivity contribution < 1.29 is 28.6 Å². The Labute approximate surface area is 358 Å². The van der Waals surface area contributed by atoms with E-state index < -0.39 is 6.10 Å². The molecule has 0 N–H and O–H groups in total. The van der Waals surface area contributed by atoms with E-state index in [0.29, 0.717) is 19.3 Å². The number of hydrogen-bond donors (Lipinski definition) is 0. The smallest absolute Gasteiger partial charge is 0.306 e. The normalized spacial score (nSPS) is 12.4. The molecule has 6 nitrogen and oxygen atoms in total. The highest BCUT2D eigenvalue weighted by atomic mass is 16.6. The van der Waals surface area contributed by atoms with Gasteiger partial charge < -0.3 is 14.2 Å². The zero-order valence-electron chi connectivity index (χ0n) is 38.3. The second-order valence-corrected chi connectivity index (χ2v) is 16.4. The number of hydrogen-bond acceptors (Lipinski definition) is 6. The highest BCUT2D eigenvalue weighted by molar-refractivity contribution is 5.71. The Morgan fingerprint density at radius 3 is 0.983 bits per heavy atom. The first-order chi connectivity index (χ1) is 28.5. The quantitative estimate of drug-likeness (QED) is 0.0264. The molecule has 0 aromatic carbocycles. The van der Waals surface area contributed by atoms with Gasteiger partial charge in [0.2, 0.25) is 0 Å². The molecule has 0 bridgehead atoms. The van der Waals surface area contributed by atoms with E-state index in [1.807, 2.05) is 0 Å². The fourth-order valence-electron chi connectivity index (χ4n) is 6.82. The van der Waals surface area contributed by atoms with E-state index in [0.717, 1.165) is 83.5 Å². The second kappa shape index (κ2) is 47.1. The first kappa shape index (κ1) is 55.4. The van der Waals surface area contributed by atoms with E-state index >= 15 is 0 Å². The summed E-state index contributed by atoms with van der Waals surface area (Å²) in [4.78, 5) is 37.8. The number of rotatable bonds is 44. The monoisotopic (exact) mass is 813 g/mol. The summed E-state index contributed by atoms with van der Waals surface area (Å²) in [5, 5.41) is 0. The van der Waals surface area contributed by atoms with Gasteiger partial charge in [0, 0.05) is 19.3 Å². The zero-order chi connectivity index (χ0) is 42.3. The number of carbonyl (C=O) groups is 3. The maximum atomic E-state index is 12.7. The molecule has 0 saturated carbocycles. The van der Waals surface area contributed by atoms with E-state index in [1.165, 1.54) is 122 Å². The molecule has 58 heavy (non-hydrogen) atoms. The Morgan fingerprint density at radius 1 is 0.345 bits per heavy atom. The van der Waals surface area contributed by atoms with E-state index in [-0.39, 0.29) is 31.1 Å². The zero-order valence-corrected chi connectivity index (χ0v) is 38.3. The molecule has 0 saturated heterocycles. The van der Waals surface area contributed by atoms with Crippen LogP contribution in [0.25, 0.3) is 0 Å². The summed E-state index contributed by atoms with van der Waals surface area (Å²) >= 11 is 0. The van der Waals surface area contributed by atoms with Crippen molar-refractivity contribution in [2.45, 2.75) is 252 Å². The van der Waals surface area contributed by atoms with Crippen molar-refractivity contribution >= 4 is 17.9 Å². The van der Waals surface area contributed by atoms with Crippen molar-refractivity contribution in [3.63, 3.8) is 0 Å². The molecule has 6 heteroatoms. The van der Waals surface area contributed by atoms with Gasteiger partial charge in [-0.25, -0.2) is 0 Å². The molecule has 0 aliphatic carbocycles. The summed E-state index contributed by atoms with van der Waals surface area (Å²) in [6.45, 7) is 6.53. The van der Waals surface area contributed by atoms with E-state index in [1.54, 1.807) is 0 Å². The van der Waals surface area contributed by atoms with E-state index in [4.69, 9.17) is 14.2 Å². The van der Waals surface area contributed by atoms with Crippen LogP contribution in [0, 0.1) is 0 Å². The Morgan fingerprint density at radius 2 is 0.621 bits per heavy atom. The van der Waals surface area contributed by atoms with Crippen molar-refractivity contribution in [3.8, 4) is 0 Å². The topological polar surface area (TPSA) is 78.9 Å². The van der Waals surface area contributed by atoms with Crippen molar-refractivity contribution in [2.75, 3.05) is 13.2 Å². The summed E-state index contributed by atoms with van der Waals surface area (Å²) in [5.74, 6) is -0.941. The lowest BCUT2D eigenvalue weighted by Crippen LogP contribution is -2.30. The van der Waals surface area contributed by atoms with Crippen LogP contribution in [0.1, 0.15) is 245 Å². The van der Waals surface area contributed by atoms with Gasteiger partial charge in [-0.1, -0.05) is 211 Å². The molecule has 0 aromatic rings. The molecule has 0 amide bonds. The van der Waals surface area contributed by atoms with Gasteiger partial charge in [0.15, 0.2) is 6.10 Å². The van der Waals surface area contributed by atoms with Crippen LogP contribution in [0.4, 0.5) is 0 Å². The SMILES string of the molecule is CCCC/C=C\C=C/CCCCCC(=O)OCC(COC(=O)CCCCC/C=C\C=C/CCCCCCCCC)OC(=O)CCCCCCCCCCCCCCC. The van der Waals surface area contributed by atoms with Crippen molar-refractivity contribution in [1.29, 1.82) is 0 Å². The maximum Gasteiger partial charge on any atom is 0.306 e. The fraction of sp³-hybridized carbons (Fsp3) is 0.788. The molecular weight excluding hydrogens is 721 g/mol. The fourth-order valence-corrected chi connectivity index (χ4v) is 6.82. The van der Waals surface area contributed by atoms with Crippen LogP contribution >= 0.6 is 0 Å². The predicted octanol–water partition coefficient (Wildman–Crippen LogP) is 15.9. The molecule has 0 radical (unpaired) electrons. The molecular formula is C52H92O6. The molecule has 0 aliphatic heterocycles. The maximum absolute atomic E-state index is 12.7. The number of carbonyl (C=O) groups excluding carboxylic acids is 3. The Kier molecular flexibility index (Phi) is 44.9. The Balaban J connectivity index is 4.42. The molecule has 0 aromatic heterocycles. The van der Waals surface area contributed by atoms with Crippen molar-refractivity contribution in [1.82, 2.24) is 0 Å². The number of unbranched alkanes of at least 4 members (excludes halogenated alkanes) is 27. The van der Waals surface area contributed by atoms with Gasteiger partial charge in [-0.3, -0.25) is 14.4 Å². The lowest BCUT2D eigenvalue weighted by Gasteiger charge is -2.18. The largest absolute Gasteiger partial charge is 0.462 e. The van der Waals surface area contributed by atoms with Crippen LogP contribution in [-0.2, 0) is 28.6 Å². The molecule has 0 fully saturated rings. The summed E-state index contributed by atoms with van der Waals surface area (Å²) in [6, 6.07) is 0. The highest BCUT2D eigenvalue weighted by Crippen LogP contribution is 2.15. The van der Waals surface area contributed by atoms with Gasteiger partial charge in [0.1, 0.15) is 13.2 Å². The predicted molar refractivity (Wildman–Crippen MR) is 247 cm³/mol. The van der Waals surface area contributed by atoms with Gasteiger partial charge >= 0.3 is 17.9 Å². The molecule has 1 unspecified atom stereocenters. The Bertz CT molecular complexity index is 1030. The minimum absolute atomic E-state index is 0.0936. The lowest BCUT2D eigenvalue weighted by atomic mass is 10.0. The summed E-state index contributed by atoms with van der Waals surface area (Å²) in [5.41, 5.74) is 0. The van der Waals surface area contributed by atoms with Crippen LogP contribution in [-0.4, -0.2) is 37.2 Å². The molecule has 336 valence electrons. The standard InChI is InChI=1S/C52H92O6/c1-4-7-10-13-16-19-22-24-25-26-28-30-33-36-39-42-45-51(54)57-48-49(47-56-50(53)44-41-38-35-32-29-21-18-15-12-9-6-3)58-52(55)46-43-40-37-34-31-27-23-20-17-14-11-8-5-2/h15,18,21,25-26,28-30,49H,4-14,16-17,19-20,22-24,27,31-48H2,1-3H3/b18-15-,26-25-,29-21-,30-28-. The number of allylic oxidation sites excluding steroid dienone is 8. The van der Waals surface area contributed by atoms with Crippen LogP contribution < -0.4 is 0 Å². The van der Waals surface area contributed by atoms with Crippen LogP contribution in [0.3, 0.4) is 0 Å². The van der Waals surface area contributed by atoms with Crippen LogP contribution in [0.5, 0.6) is 0 Å². The van der Waals surface area contributed by atoms with Gasteiger partial charge in [0.25, 0.3) is 0 Å². The summed E-state index contributed by atoms with van der Waals surface area (Å²) in [7, 11) is 0. The Hall–Kier alpha value is -2.63. The van der Waals surface area contributed by atoms with Crippen LogP contribution in [0.15, 0.2) is 48.6 Å². The first-order valence-electron chi connectivity index (χ1n) is 24.7. The lowest BCUT2D eigenvalue weighted by molar-refractivity contribution is -0.167. The third kappa shape index (κ3) is 44.5. The van der Waals surface area contributed by atoms with Gasteiger partial charge in [-0.2, -0.15) is 0 Å². The average molecular weight is 813 g/mol. The summed E-state index contributed by atoms with van der Waals surface area (Å²) in [6.07, 6.45) is 55.2. The van der Waals surface area contributed by atoms with Crippen molar-refractivity contribution in [3.05, 3.63) is 48.6 Å².